The van der Waals surface area contributed by atoms with Gasteiger partial charge in [-0.15, -0.1) is 0 Å². The first-order chi connectivity index (χ1) is 5.76. The van der Waals surface area contributed by atoms with Crippen LogP contribution in [0.2, 0.25) is 0 Å². The standard InChI is InChI=1S/C11H21O/c1-4-7-9-10(8-5-2)11(12)6-3/h4,7,10-12H,1,5-6,8-9H2,2-3H3. The molecule has 0 saturated heterocycles. The topological polar surface area (TPSA) is 20.2 Å². The van der Waals surface area contributed by atoms with Gasteiger partial charge in [-0.1, -0.05) is 32.4 Å². The van der Waals surface area contributed by atoms with Crippen LogP contribution in [0, 0.1) is 12.8 Å². The predicted octanol–water partition coefficient (Wildman–Crippen LogP) is 2.95. The molecule has 0 heterocycles. The Bertz CT molecular complexity index is 118. The van der Waals surface area contributed by atoms with Gasteiger partial charge in [0.25, 0.3) is 0 Å². The summed E-state index contributed by atoms with van der Waals surface area (Å²) in [6, 6.07) is 0. The van der Waals surface area contributed by atoms with Gasteiger partial charge >= 0.3 is 0 Å². The third kappa shape index (κ3) is 4.55. The molecule has 0 aromatic heterocycles. The van der Waals surface area contributed by atoms with Gasteiger partial charge in [0.05, 0.1) is 6.10 Å². The van der Waals surface area contributed by atoms with Crippen molar-refractivity contribution in [3.05, 3.63) is 19.1 Å². The van der Waals surface area contributed by atoms with Gasteiger partial charge in [-0.2, -0.15) is 0 Å². The normalized spacial score (nSPS) is 16.7. The minimum Gasteiger partial charge on any atom is -0.393 e. The quantitative estimate of drug-likeness (QED) is 0.648. The molecule has 0 aromatic carbocycles. The molecule has 1 nitrogen and oxygen atoms in total. The van der Waals surface area contributed by atoms with Crippen molar-refractivity contribution in [2.45, 2.75) is 45.6 Å². The summed E-state index contributed by atoms with van der Waals surface area (Å²) in [7, 11) is 0. The molecular formula is C11H21O. The molecule has 0 aliphatic carbocycles. The van der Waals surface area contributed by atoms with Gasteiger partial charge in [-0.3, -0.25) is 0 Å². The van der Waals surface area contributed by atoms with E-state index in [0.29, 0.717) is 5.92 Å². The number of rotatable bonds is 6. The highest BCUT2D eigenvalue weighted by atomic mass is 16.3. The Morgan fingerprint density at radius 2 is 2.08 bits per heavy atom. The zero-order chi connectivity index (χ0) is 9.40. The lowest BCUT2D eigenvalue weighted by molar-refractivity contribution is 0.0994. The highest BCUT2D eigenvalue weighted by Gasteiger charge is 2.14. The van der Waals surface area contributed by atoms with Crippen LogP contribution in [0.4, 0.5) is 0 Å². The molecule has 0 aromatic rings. The van der Waals surface area contributed by atoms with Crippen molar-refractivity contribution in [3.63, 3.8) is 0 Å². The predicted molar refractivity (Wildman–Crippen MR) is 53.8 cm³/mol. The molecule has 0 bridgehead atoms. The van der Waals surface area contributed by atoms with Crippen molar-refractivity contribution in [2.75, 3.05) is 0 Å². The van der Waals surface area contributed by atoms with Crippen LogP contribution in [0.25, 0.3) is 0 Å². The zero-order valence-electron chi connectivity index (χ0n) is 8.29. The van der Waals surface area contributed by atoms with Crippen molar-refractivity contribution in [1.82, 2.24) is 0 Å². The molecule has 0 amide bonds. The zero-order valence-corrected chi connectivity index (χ0v) is 8.29. The summed E-state index contributed by atoms with van der Waals surface area (Å²) in [6.07, 6.45) is 7.79. The molecule has 2 unspecified atom stereocenters. The second-order valence-electron chi connectivity index (χ2n) is 3.23. The molecule has 0 rings (SSSR count). The van der Waals surface area contributed by atoms with Crippen LogP contribution in [0.15, 0.2) is 12.2 Å². The molecule has 0 fully saturated rings. The van der Waals surface area contributed by atoms with E-state index in [9.17, 15) is 5.11 Å². The highest BCUT2D eigenvalue weighted by Crippen LogP contribution is 2.18. The Morgan fingerprint density at radius 1 is 1.42 bits per heavy atom. The van der Waals surface area contributed by atoms with E-state index in [-0.39, 0.29) is 6.10 Å². The molecule has 0 saturated carbocycles. The first-order valence-electron chi connectivity index (χ1n) is 4.88. The fourth-order valence-electron chi connectivity index (χ4n) is 1.44. The van der Waals surface area contributed by atoms with Crippen LogP contribution in [0.5, 0.6) is 0 Å². The molecule has 0 aliphatic heterocycles. The monoisotopic (exact) mass is 169 g/mol. The molecule has 0 aliphatic rings. The summed E-state index contributed by atoms with van der Waals surface area (Å²) in [5.41, 5.74) is 0. The number of aliphatic hydroxyl groups is 1. The van der Waals surface area contributed by atoms with Gasteiger partial charge in [0.1, 0.15) is 0 Å². The fourth-order valence-corrected chi connectivity index (χ4v) is 1.44. The molecule has 71 valence electrons. The summed E-state index contributed by atoms with van der Waals surface area (Å²) in [4.78, 5) is 0. The maximum absolute atomic E-state index is 9.62. The lowest BCUT2D eigenvalue weighted by Gasteiger charge is -2.19. The molecular weight excluding hydrogens is 148 g/mol. The summed E-state index contributed by atoms with van der Waals surface area (Å²) in [5.74, 6) is 0.429. The molecule has 1 N–H and O–H groups in total. The lowest BCUT2D eigenvalue weighted by Crippen LogP contribution is -2.18. The first kappa shape index (κ1) is 11.7. The fraction of sp³-hybridized carbons (Fsp3) is 0.727. The first-order valence-corrected chi connectivity index (χ1v) is 4.88. The average Bonchev–Trinajstić information content (AvgIpc) is 2.11. The van der Waals surface area contributed by atoms with E-state index in [2.05, 4.69) is 13.8 Å². The Balaban J connectivity index is 3.84. The summed E-state index contributed by atoms with van der Waals surface area (Å²) < 4.78 is 0. The highest BCUT2D eigenvalue weighted by molar-refractivity contribution is 4.87. The smallest absolute Gasteiger partial charge is 0.0568 e. The van der Waals surface area contributed by atoms with Gasteiger partial charge in [0.15, 0.2) is 0 Å². The van der Waals surface area contributed by atoms with E-state index in [4.69, 9.17) is 0 Å². The van der Waals surface area contributed by atoms with Crippen molar-refractivity contribution in [1.29, 1.82) is 0 Å². The molecule has 1 heteroatoms. The van der Waals surface area contributed by atoms with Gasteiger partial charge in [0, 0.05) is 0 Å². The average molecular weight is 169 g/mol. The SMILES string of the molecule is [CH2]C=CCC(CCC)C(O)CC. The maximum Gasteiger partial charge on any atom is 0.0568 e. The Labute approximate surface area is 76.5 Å². The molecule has 12 heavy (non-hydrogen) atoms. The van der Waals surface area contributed by atoms with Gasteiger partial charge < -0.3 is 5.11 Å². The number of allylic oxidation sites excluding steroid dienone is 2. The maximum atomic E-state index is 9.62. The summed E-state index contributed by atoms with van der Waals surface area (Å²) in [5, 5.41) is 9.62. The second-order valence-corrected chi connectivity index (χ2v) is 3.23. The Morgan fingerprint density at radius 3 is 2.50 bits per heavy atom. The minimum absolute atomic E-state index is 0.138. The van der Waals surface area contributed by atoms with Crippen LogP contribution in [-0.4, -0.2) is 11.2 Å². The van der Waals surface area contributed by atoms with E-state index < -0.39 is 0 Å². The third-order valence-corrected chi connectivity index (χ3v) is 2.23. The molecule has 0 spiro atoms. The number of hydrogen-bond donors (Lipinski definition) is 1. The van der Waals surface area contributed by atoms with Crippen molar-refractivity contribution in [3.8, 4) is 0 Å². The lowest BCUT2D eigenvalue weighted by atomic mass is 9.92. The van der Waals surface area contributed by atoms with Crippen molar-refractivity contribution >= 4 is 0 Å². The van der Waals surface area contributed by atoms with Gasteiger partial charge in [-0.05, 0) is 32.1 Å². The van der Waals surface area contributed by atoms with E-state index in [1.807, 2.05) is 19.1 Å². The van der Waals surface area contributed by atoms with E-state index in [1.54, 1.807) is 0 Å². The van der Waals surface area contributed by atoms with Crippen LogP contribution in [0.3, 0.4) is 0 Å². The van der Waals surface area contributed by atoms with Gasteiger partial charge in [-0.25, -0.2) is 0 Å². The van der Waals surface area contributed by atoms with Gasteiger partial charge in [0.2, 0.25) is 0 Å². The molecule has 1 radical (unpaired) electrons. The largest absolute Gasteiger partial charge is 0.393 e. The summed E-state index contributed by atoms with van der Waals surface area (Å²) >= 11 is 0. The number of hydrogen-bond acceptors (Lipinski definition) is 1. The van der Waals surface area contributed by atoms with Crippen molar-refractivity contribution in [2.24, 2.45) is 5.92 Å². The van der Waals surface area contributed by atoms with Crippen LogP contribution in [0.1, 0.15) is 39.5 Å². The second kappa shape index (κ2) is 7.35. The third-order valence-electron chi connectivity index (χ3n) is 2.23. The van der Waals surface area contributed by atoms with Crippen LogP contribution in [-0.2, 0) is 0 Å². The van der Waals surface area contributed by atoms with E-state index >= 15 is 0 Å². The number of aliphatic hydroxyl groups excluding tert-OH is 1. The van der Waals surface area contributed by atoms with Crippen LogP contribution < -0.4 is 0 Å². The summed E-state index contributed by atoms with van der Waals surface area (Å²) in [6.45, 7) is 7.83. The van der Waals surface area contributed by atoms with Crippen molar-refractivity contribution < 1.29 is 5.11 Å². The Kier molecular flexibility index (Phi) is 7.17. The van der Waals surface area contributed by atoms with E-state index in [0.717, 1.165) is 25.7 Å². The Hall–Kier alpha value is -0.300. The van der Waals surface area contributed by atoms with Crippen LogP contribution >= 0.6 is 0 Å². The van der Waals surface area contributed by atoms with E-state index in [1.165, 1.54) is 0 Å². The minimum atomic E-state index is -0.138. The molecule has 2 atom stereocenters.